The van der Waals surface area contributed by atoms with E-state index >= 15 is 0 Å². The summed E-state index contributed by atoms with van der Waals surface area (Å²) in [5.41, 5.74) is 2.09. The minimum absolute atomic E-state index is 0.579. The molecule has 1 heterocycles. The first-order valence-corrected chi connectivity index (χ1v) is 8.29. The summed E-state index contributed by atoms with van der Waals surface area (Å²) in [5.74, 6) is 0.873. The Morgan fingerprint density at radius 2 is 2.11 bits per heavy atom. The lowest BCUT2D eigenvalue weighted by atomic mass is 9.70. The van der Waals surface area contributed by atoms with Gasteiger partial charge in [0.25, 0.3) is 0 Å². The summed E-state index contributed by atoms with van der Waals surface area (Å²) in [4.78, 5) is 0. The predicted molar refractivity (Wildman–Crippen MR) is 81.2 cm³/mol. The monoisotopic (exact) mass is 265 g/mol. The van der Waals surface area contributed by atoms with Crippen LogP contribution in [0.15, 0.2) is 16.8 Å². The van der Waals surface area contributed by atoms with Crippen molar-refractivity contribution in [3.05, 3.63) is 22.4 Å². The molecular formula is C16H27NS. The second kappa shape index (κ2) is 6.21. The van der Waals surface area contributed by atoms with Crippen molar-refractivity contribution in [1.82, 2.24) is 5.32 Å². The minimum atomic E-state index is 0.579. The van der Waals surface area contributed by atoms with Crippen molar-refractivity contribution in [2.24, 2.45) is 11.3 Å². The predicted octanol–water partition coefficient (Wildman–Crippen LogP) is 4.49. The largest absolute Gasteiger partial charge is 0.314 e. The molecule has 1 N–H and O–H groups in total. The third-order valence-electron chi connectivity index (χ3n) is 4.45. The molecule has 0 bridgehead atoms. The molecule has 18 heavy (non-hydrogen) atoms. The Kier molecular flexibility index (Phi) is 4.85. The van der Waals surface area contributed by atoms with Gasteiger partial charge >= 0.3 is 0 Å². The number of nitrogens with one attached hydrogen (secondary N) is 1. The summed E-state index contributed by atoms with van der Waals surface area (Å²) < 4.78 is 0. The first-order chi connectivity index (χ1) is 8.61. The van der Waals surface area contributed by atoms with Crippen molar-refractivity contribution in [3.63, 3.8) is 0 Å². The van der Waals surface area contributed by atoms with E-state index in [0.29, 0.717) is 11.5 Å². The van der Waals surface area contributed by atoms with Crippen LogP contribution in [-0.4, -0.2) is 12.6 Å². The van der Waals surface area contributed by atoms with Gasteiger partial charge in [0.05, 0.1) is 0 Å². The number of hydrogen-bond donors (Lipinski definition) is 1. The molecule has 1 nitrogen and oxygen atoms in total. The molecule has 2 heteroatoms. The third kappa shape index (κ3) is 3.83. The molecule has 2 rings (SSSR count). The molecule has 0 radical (unpaired) electrons. The van der Waals surface area contributed by atoms with Gasteiger partial charge < -0.3 is 5.32 Å². The fraction of sp³-hybridized carbons (Fsp3) is 0.750. The minimum Gasteiger partial charge on any atom is -0.314 e. The highest BCUT2D eigenvalue weighted by Gasteiger charge is 2.30. The number of hydrogen-bond acceptors (Lipinski definition) is 2. The first kappa shape index (κ1) is 14.1. The normalized spacial score (nSPS) is 21.9. The molecule has 1 saturated carbocycles. The molecule has 102 valence electrons. The fourth-order valence-corrected chi connectivity index (χ4v) is 3.84. The zero-order valence-electron chi connectivity index (χ0n) is 12.0. The van der Waals surface area contributed by atoms with E-state index in [2.05, 4.69) is 42.9 Å². The third-order valence-corrected chi connectivity index (χ3v) is 5.19. The number of rotatable bonds is 5. The number of thiophene rings is 1. The van der Waals surface area contributed by atoms with E-state index in [4.69, 9.17) is 0 Å². The van der Waals surface area contributed by atoms with Crippen LogP contribution >= 0.6 is 11.3 Å². The molecule has 1 unspecified atom stereocenters. The van der Waals surface area contributed by atoms with Gasteiger partial charge in [0.15, 0.2) is 0 Å². The van der Waals surface area contributed by atoms with Gasteiger partial charge in [-0.1, -0.05) is 20.8 Å². The Labute approximate surface area is 116 Å². The number of likely N-dealkylation sites (N-methyl/N-ethyl adjacent to an activating group) is 1. The van der Waals surface area contributed by atoms with Crippen molar-refractivity contribution in [3.8, 4) is 0 Å². The van der Waals surface area contributed by atoms with Gasteiger partial charge in [0.1, 0.15) is 0 Å². The highest BCUT2D eigenvalue weighted by atomic mass is 32.1. The van der Waals surface area contributed by atoms with Gasteiger partial charge in [-0.2, -0.15) is 11.3 Å². The maximum atomic E-state index is 3.72. The van der Waals surface area contributed by atoms with E-state index < -0.39 is 0 Å². The van der Waals surface area contributed by atoms with Gasteiger partial charge in [-0.3, -0.25) is 0 Å². The Bertz CT molecular complexity index is 332. The zero-order valence-corrected chi connectivity index (χ0v) is 12.9. The highest BCUT2D eigenvalue weighted by Crippen LogP contribution is 2.39. The van der Waals surface area contributed by atoms with Crippen molar-refractivity contribution in [2.45, 2.75) is 58.9 Å². The summed E-state index contributed by atoms with van der Waals surface area (Å²) in [5, 5.41) is 8.22. The maximum Gasteiger partial charge on any atom is 0.0136 e. The Morgan fingerprint density at radius 3 is 2.67 bits per heavy atom. The average Bonchev–Trinajstić information content (AvgIpc) is 2.81. The highest BCUT2D eigenvalue weighted by molar-refractivity contribution is 7.07. The van der Waals surface area contributed by atoms with E-state index in [-0.39, 0.29) is 0 Å². The van der Waals surface area contributed by atoms with Crippen molar-refractivity contribution in [1.29, 1.82) is 0 Å². The molecule has 0 amide bonds. The van der Waals surface area contributed by atoms with Crippen molar-refractivity contribution in [2.75, 3.05) is 6.54 Å². The second-order valence-corrected chi connectivity index (χ2v) is 7.28. The maximum absolute atomic E-state index is 3.72. The summed E-state index contributed by atoms with van der Waals surface area (Å²) in [7, 11) is 0. The van der Waals surface area contributed by atoms with E-state index in [9.17, 15) is 0 Å². The van der Waals surface area contributed by atoms with Gasteiger partial charge in [0, 0.05) is 6.04 Å². The lowest BCUT2D eigenvalue weighted by Crippen LogP contribution is -2.40. The molecule has 0 spiro atoms. The zero-order chi connectivity index (χ0) is 13.0. The Hall–Kier alpha value is -0.340. The van der Waals surface area contributed by atoms with Crippen molar-refractivity contribution >= 4 is 11.3 Å². The smallest absolute Gasteiger partial charge is 0.0136 e. The van der Waals surface area contributed by atoms with Gasteiger partial charge in [-0.15, -0.1) is 0 Å². The quantitative estimate of drug-likeness (QED) is 0.827. The lowest BCUT2D eigenvalue weighted by Gasteiger charge is -2.38. The van der Waals surface area contributed by atoms with Crippen LogP contribution in [0.4, 0.5) is 0 Å². The molecule has 1 aromatic rings. The topological polar surface area (TPSA) is 12.0 Å². The van der Waals surface area contributed by atoms with Crippen LogP contribution < -0.4 is 5.32 Å². The summed E-state index contributed by atoms with van der Waals surface area (Å²) >= 11 is 1.82. The summed E-state index contributed by atoms with van der Waals surface area (Å²) in [6.45, 7) is 8.16. The summed E-state index contributed by atoms with van der Waals surface area (Å²) in [6.07, 6.45) is 6.79. The van der Waals surface area contributed by atoms with Crippen LogP contribution in [0.25, 0.3) is 0 Å². The van der Waals surface area contributed by atoms with E-state index in [1.165, 1.54) is 37.7 Å². The lowest BCUT2D eigenvalue weighted by molar-refractivity contribution is 0.161. The Morgan fingerprint density at radius 1 is 1.39 bits per heavy atom. The summed E-state index contributed by atoms with van der Waals surface area (Å²) in [6, 6.07) is 2.96. The molecule has 0 aromatic carbocycles. The van der Waals surface area contributed by atoms with E-state index in [1.807, 2.05) is 11.3 Å². The molecular weight excluding hydrogens is 238 g/mol. The van der Waals surface area contributed by atoms with Crippen LogP contribution in [0, 0.1) is 11.3 Å². The SMILES string of the molecule is CCNC(Cc1ccsc1)C1CCC(C)(C)CC1. The standard InChI is InChI=1S/C16H27NS/c1-4-17-15(11-13-7-10-18-12-13)14-5-8-16(2,3)9-6-14/h7,10,12,14-15,17H,4-6,8-9,11H2,1-3H3. The van der Waals surface area contributed by atoms with Gasteiger partial charge in [-0.25, -0.2) is 0 Å². The van der Waals surface area contributed by atoms with Crippen molar-refractivity contribution < 1.29 is 0 Å². The molecule has 0 aliphatic heterocycles. The molecule has 1 atom stereocenters. The average molecular weight is 265 g/mol. The van der Waals surface area contributed by atoms with Crippen LogP contribution in [0.2, 0.25) is 0 Å². The second-order valence-electron chi connectivity index (χ2n) is 6.50. The fourth-order valence-electron chi connectivity index (χ4n) is 3.15. The van der Waals surface area contributed by atoms with E-state index in [0.717, 1.165) is 12.5 Å². The molecule has 1 fully saturated rings. The molecule has 1 aromatic heterocycles. The molecule has 1 aliphatic rings. The van der Waals surface area contributed by atoms with Gasteiger partial charge in [0.2, 0.25) is 0 Å². The van der Waals surface area contributed by atoms with Crippen LogP contribution in [-0.2, 0) is 6.42 Å². The van der Waals surface area contributed by atoms with E-state index in [1.54, 1.807) is 0 Å². The Balaban J connectivity index is 1.93. The van der Waals surface area contributed by atoms with Crippen LogP contribution in [0.3, 0.4) is 0 Å². The first-order valence-electron chi connectivity index (χ1n) is 7.35. The van der Waals surface area contributed by atoms with Crippen LogP contribution in [0.5, 0.6) is 0 Å². The van der Waals surface area contributed by atoms with Crippen LogP contribution in [0.1, 0.15) is 52.0 Å². The molecule has 1 aliphatic carbocycles. The molecule has 0 saturated heterocycles. The van der Waals surface area contributed by atoms with Gasteiger partial charge in [-0.05, 0) is 72.4 Å².